The van der Waals surface area contributed by atoms with Crippen molar-refractivity contribution in [3.05, 3.63) is 0 Å². The van der Waals surface area contributed by atoms with Crippen LogP contribution in [0.15, 0.2) is 0 Å². The predicted octanol–water partition coefficient (Wildman–Crippen LogP) is 2.60. The van der Waals surface area contributed by atoms with E-state index in [2.05, 4.69) is 42.5 Å². The van der Waals surface area contributed by atoms with Crippen molar-refractivity contribution in [2.75, 3.05) is 0 Å². The van der Waals surface area contributed by atoms with Gasteiger partial charge in [0.25, 0.3) is 0 Å². The molecule has 43 heavy (non-hydrogen) atoms. The molecule has 8 bridgehead atoms. The maximum atomic E-state index is 4.26. The normalized spacial score (nSPS) is 53.6. The van der Waals surface area contributed by atoms with E-state index in [1.54, 1.807) is 0 Å². The molecule has 0 radical (unpaired) electrons. The third kappa shape index (κ3) is 6.16. The van der Waals surface area contributed by atoms with Crippen molar-refractivity contribution in [2.45, 2.75) is 152 Å². The van der Waals surface area contributed by atoms with Crippen molar-refractivity contribution in [2.24, 2.45) is 47.3 Å². The van der Waals surface area contributed by atoms with Gasteiger partial charge in [-0.2, -0.15) is 0 Å². The Morgan fingerprint density at radius 3 is 0.442 bits per heavy atom. The summed E-state index contributed by atoms with van der Waals surface area (Å²) in [4.78, 5) is 0. The maximum Gasteiger partial charge on any atom is 0.0628 e. The Kier molecular flexibility index (Phi) is 11.4. The van der Waals surface area contributed by atoms with E-state index in [9.17, 15) is 0 Å². The van der Waals surface area contributed by atoms with Gasteiger partial charge in [0.1, 0.15) is 0 Å². The first-order chi connectivity index (χ1) is 19.8. The monoisotopic (exact) mass is 720 g/mol. The molecular weight excluding hydrogens is 664 g/mol. The largest absolute Gasteiger partial charge is 0.286 e. The molecule has 0 amide bonds. The van der Waals surface area contributed by atoms with E-state index in [4.69, 9.17) is 0 Å². The van der Waals surface area contributed by atoms with Crippen molar-refractivity contribution in [3.8, 4) is 0 Å². The molecule has 8 unspecified atom stereocenters. The van der Waals surface area contributed by atoms with Gasteiger partial charge in [0.2, 0.25) is 0 Å². The Morgan fingerprint density at radius 1 is 0.209 bits per heavy atom. The van der Waals surface area contributed by atoms with Crippen LogP contribution in [0.25, 0.3) is 0 Å². The van der Waals surface area contributed by atoms with E-state index in [0.29, 0.717) is 49.3 Å². The molecule has 11 heteroatoms. The van der Waals surface area contributed by atoms with E-state index < -0.39 is 0 Å². The Bertz CT molecular complexity index is 725. The fraction of sp³-hybridized carbons (Fsp3) is 1.00. The zero-order valence-corrected chi connectivity index (χ0v) is 28.9. The molecule has 0 aromatic rings. The standard InChI is InChI=1S/C32H56N8.3Fe/c1-2-10-18-17(9-1)25-33-26(18)38-28-21-13-5-6-14-22(21)30(35-28)40-32-24-16-8-7-15-23(24)31(36-32)39-29-20-12-4-3-11-19(20)27(34-29)37-25;;;/h17-40H,1-16H2;;;. The Balaban J connectivity index is 0.00000110. The molecule has 4 aliphatic carbocycles. The summed E-state index contributed by atoms with van der Waals surface area (Å²) in [5, 5.41) is 33.8. The molecule has 8 N–H and O–H groups in total. The summed E-state index contributed by atoms with van der Waals surface area (Å²) in [6.07, 6.45) is 25.6. The quantitative estimate of drug-likeness (QED) is 0.181. The van der Waals surface area contributed by atoms with Crippen LogP contribution in [0.4, 0.5) is 0 Å². The summed E-state index contributed by atoms with van der Waals surface area (Å²) in [6.45, 7) is 0. The van der Waals surface area contributed by atoms with Gasteiger partial charge in [-0.15, -0.1) is 0 Å². The summed E-state index contributed by atoms with van der Waals surface area (Å²) in [5.41, 5.74) is 0. The summed E-state index contributed by atoms with van der Waals surface area (Å²) in [7, 11) is 0. The number of nitrogens with one attached hydrogen (secondary N) is 8. The van der Waals surface area contributed by atoms with Crippen LogP contribution < -0.4 is 42.5 Å². The second kappa shape index (κ2) is 14.4. The number of hydrogen-bond donors (Lipinski definition) is 8. The van der Waals surface area contributed by atoms with Gasteiger partial charge in [0.15, 0.2) is 0 Å². The molecule has 5 saturated heterocycles. The van der Waals surface area contributed by atoms with E-state index >= 15 is 0 Å². The Morgan fingerprint density at radius 2 is 0.326 bits per heavy atom. The van der Waals surface area contributed by atoms with E-state index in [0.717, 1.165) is 47.3 Å². The minimum absolute atomic E-state index is 0. The molecule has 248 valence electrons. The molecule has 0 aromatic heterocycles. The summed E-state index contributed by atoms with van der Waals surface area (Å²) in [5.74, 6) is 5.97. The topological polar surface area (TPSA) is 96.2 Å². The average Bonchev–Trinajstić information content (AvgIpc) is 3.73. The van der Waals surface area contributed by atoms with Gasteiger partial charge in [0.05, 0.1) is 49.3 Å². The summed E-state index contributed by atoms with van der Waals surface area (Å²) in [6, 6.07) is 0. The van der Waals surface area contributed by atoms with Crippen molar-refractivity contribution in [3.63, 3.8) is 0 Å². The molecule has 9 rings (SSSR count). The fourth-order valence-electron chi connectivity index (χ4n) is 12.0. The molecule has 0 aromatic carbocycles. The molecule has 0 spiro atoms. The van der Waals surface area contributed by atoms with Crippen LogP contribution in [0.2, 0.25) is 0 Å². The minimum Gasteiger partial charge on any atom is -0.286 e. The van der Waals surface area contributed by atoms with Gasteiger partial charge >= 0.3 is 0 Å². The van der Waals surface area contributed by atoms with E-state index in [1.807, 2.05) is 0 Å². The van der Waals surface area contributed by atoms with Crippen LogP contribution >= 0.6 is 0 Å². The van der Waals surface area contributed by atoms with E-state index in [1.165, 1.54) is 103 Å². The number of fused-ring (bicyclic) bond motifs is 20. The molecule has 8 nitrogen and oxygen atoms in total. The van der Waals surface area contributed by atoms with Crippen LogP contribution in [0.3, 0.4) is 0 Å². The predicted molar refractivity (Wildman–Crippen MR) is 157 cm³/mol. The Labute approximate surface area is 291 Å². The Hall–Kier alpha value is 1.24. The molecule has 9 fully saturated rings. The van der Waals surface area contributed by atoms with Crippen LogP contribution in [-0.4, -0.2) is 49.3 Å². The zero-order chi connectivity index (χ0) is 26.2. The second-order valence-corrected chi connectivity index (χ2v) is 15.6. The van der Waals surface area contributed by atoms with Crippen molar-refractivity contribution in [1.29, 1.82) is 0 Å². The maximum absolute atomic E-state index is 4.26. The molecule has 9 aliphatic rings. The van der Waals surface area contributed by atoms with Crippen LogP contribution in [0.5, 0.6) is 0 Å². The third-order valence-electron chi connectivity index (χ3n) is 13.8. The van der Waals surface area contributed by atoms with Gasteiger partial charge in [-0.25, -0.2) is 0 Å². The first-order valence-electron chi connectivity index (χ1n) is 17.9. The van der Waals surface area contributed by atoms with Crippen LogP contribution in [0.1, 0.15) is 103 Å². The van der Waals surface area contributed by atoms with Crippen LogP contribution in [-0.2, 0) is 51.2 Å². The molecule has 5 heterocycles. The fourth-order valence-corrected chi connectivity index (χ4v) is 12.0. The van der Waals surface area contributed by atoms with E-state index in [-0.39, 0.29) is 51.2 Å². The smallest absolute Gasteiger partial charge is 0.0628 e. The first-order valence-corrected chi connectivity index (χ1v) is 17.9. The van der Waals surface area contributed by atoms with Gasteiger partial charge in [-0.3, -0.25) is 42.5 Å². The summed E-state index contributed by atoms with van der Waals surface area (Å²) < 4.78 is 0. The van der Waals surface area contributed by atoms with Crippen molar-refractivity contribution < 1.29 is 51.2 Å². The number of hydrogen-bond acceptors (Lipinski definition) is 8. The summed E-state index contributed by atoms with van der Waals surface area (Å²) >= 11 is 0. The van der Waals surface area contributed by atoms with Crippen molar-refractivity contribution >= 4 is 0 Å². The minimum atomic E-state index is 0. The van der Waals surface area contributed by atoms with Crippen molar-refractivity contribution in [1.82, 2.24) is 42.5 Å². The van der Waals surface area contributed by atoms with Crippen LogP contribution in [0, 0.1) is 47.3 Å². The third-order valence-corrected chi connectivity index (χ3v) is 13.8. The zero-order valence-electron chi connectivity index (χ0n) is 25.6. The first kappa shape index (κ1) is 34.1. The number of rotatable bonds is 0. The van der Waals surface area contributed by atoms with Gasteiger partial charge < -0.3 is 0 Å². The molecule has 4 saturated carbocycles. The van der Waals surface area contributed by atoms with Gasteiger partial charge in [-0.1, -0.05) is 51.4 Å². The average molecular weight is 720 g/mol. The SMILES string of the molecule is C1CCC2C3NC(NC4NC(NC5NC(NC6NC(N3)C3CCCCC63)C3CCCCC53)C3CCCCC43)C2C1.[Fe].[Fe].[Fe]. The van der Waals surface area contributed by atoms with Gasteiger partial charge in [-0.05, 0) is 98.7 Å². The molecular formula is C32H56Fe3N8. The molecule has 8 atom stereocenters. The van der Waals surface area contributed by atoms with Gasteiger partial charge in [0, 0.05) is 51.2 Å². The second-order valence-electron chi connectivity index (χ2n) is 15.6. The molecule has 5 aliphatic heterocycles.